The molecular weight excluding hydrogens is 364 g/mol. The Labute approximate surface area is 160 Å². The zero-order chi connectivity index (χ0) is 19.8. The van der Waals surface area contributed by atoms with Crippen LogP contribution in [-0.2, 0) is 4.79 Å². The quantitative estimate of drug-likeness (QED) is 0.639. The van der Waals surface area contributed by atoms with E-state index in [2.05, 4.69) is 4.98 Å². The van der Waals surface area contributed by atoms with E-state index in [0.29, 0.717) is 34.0 Å². The second kappa shape index (κ2) is 6.88. The fourth-order valence-electron chi connectivity index (χ4n) is 3.46. The van der Waals surface area contributed by atoms with Gasteiger partial charge in [-0.3, -0.25) is 14.0 Å². The van der Waals surface area contributed by atoms with Crippen molar-refractivity contribution >= 4 is 11.6 Å². The molecule has 2 aromatic heterocycles. The zero-order valence-corrected chi connectivity index (χ0v) is 15.6. The number of carbonyl (C=O) groups excluding carboxylic acids is 1. The average molecular weight is 382 g/mol. The van der Waals surface area contributed by atoms with E-state index in [1.807, 2.05) is 0 Å². The van der Waals surface area contributed by atoms with Crippen LogP contribution in [0.3, 0.4) is 0 Å². The number of benzene rings is 1. The molecule has 0 N–H and O–H groups in total. The summed E-state index contributed by atoms with van der Waals surface area (Å²) in [6, 6.07) is 8.64. The number of ether oxygens (including phenoxy) is 4. The first kappa shape index (κ1) is 17.8. The molecular formula is C20H18N2O6. The van der Waals surface area contributed by atoms with Gasteiger partial charge in [-0.15, -0.1) is 0 Å². The summed E-state index contributed by atoms with van der Waals surface area (Å²) < 4.78 is 22.9. The van der Waals surface area contributed by atoms with Gasteiger partial charge in [-0.25, -0.2) is 0 Å². The van der Waals surface area contributed by atoms with E-state index in [0.717, 1.165) is 0 Å². The van der Waals surface area contributed by atoms with Gasteiger partial charge in [0.05, 0.1) is 33.3 Å². The summed E-state index contributed by atoms with van der Waals surface area (Å²) in [7, 11) is 4.53. The van der Waals surface area contributed by atoms with Crippen LogP contribution in [-0.4, -0.2) is 36.7 Å². The first-order valence-electron chi connectivity index (χ1n) is 8.59. The second-order valence-electron chi connectivity index (χ2n) is 6.25. The minimum atomic E-state index is -0.554. The Morgan fingerprint density at radius 3 is 2.43 bits per heavy atom. The Morgan fingerprint density at radius 1 is 1.07 bits per heavy atom. The third-order valence-corrected chi connectivity index (χ3v) is 4.75. The normalized spacial score (nSPS) is 15.7. The van der Waals surface area contributed by atoms with Gasteiger partial charge in [-0.2, -0.15) is 4.98 Å². The number of fused-ring (bicyclic) bond motifs is 2. The van der Waals surface area contributed by atoms with E-state index in [1.165, 1.54) is 25.7 Å². The predicted octanol–water partition coefficient (Wildman–Crippen LogP) is 2.16. The monoisotopic (exact) mass is 382 g/mol. The Hall–Kier alpha value is -3.55. The molecule has 1 aromatic carbocycles. The van der Waals surface area contributed by atoms with Crippen molar-refractivity contribution in [1.82, 2.24) is 9.38 Å². The van der Waals surface area contributed by atoms with E-state index in [4.69, 9.17) is 18.9 Å². The van der Waals surface area contributed by atoms with Crippen LogP contribution in [0.5, 0.6) is 23.1 Å². The molecule has 0 saturated heterocycles. The van der Waals surface area contributed by atoms with E-state index >= 15 is 0 Å². The Balaban J connectivity index is 1.97. The molecule has 0 bridgehead atoms. The van der Waals surface area contributed by atoms with Crippen LogP contribution < -0.4 is 24.5 Å². The molecule has 0 radical (unpaired) electrons. The molecule has 1 aliphatic heterocycles. The Bertz CT molecular complexity index is 1110. The lowest BCUT2D eigenvalue weighted by atomic mass is 9.87. The largest absolute Gasteiger partial charge is 0.493 e. The summed E-state index contributed by atoms with van der Waals surface area (Å²) in [6.07, 6.45) is 1.63. The Kier molecular flexibility index (Phi) is 4.38. The van der Waals surface area contributed by atoms with Crippen molar-refractivity contribution in [3.8, 4) is 23.1 Å². The van der Waals surface area contributed by atoms with Crippen LogP contribution in [0, 0.1) is 0 Å². The van der Waals surface area contributed by atoms with Crippen LogP contribution in [0.4, 0.5) is 0 Å². The van der Waals surface area contributed by atoms with E-state index < -0.39 is 11.9 Å². The molecule has 144 valence electrons. The van der Waals surface area contributed by atoms with Crippen LogP contribution in [0.15, 0.2) is 41.3 Å². The number of methoxy groups -OCH3 is 3. The first-order chi connectivity index (χ1) is 13.6. The van der Waals surface area contributed by atoms with E-state index in [-0.39, 0.29) is 17.9 Å². The highest BCUT2D eigenvalue weighted by Crippen LogP contribution is 2.43. The minimum absolute atomic E-state index is 0.00145. The molecule has 4 rings (SSSR count). The fraction of sp³-hybridized carbons (Fsp3) is 0.250. The summed E-state index contributed by atoms with van der Waals surface area (Å²) in [4.78, 5) is 29.7. The number of aromatic nitrogens is 2. The highest BCUT2D eigenvalue weighted by molar-refractivity contribution is 5.77. The second-order valence-corrected chi connectivity index (χ2v) is 6.25. The van der Waals surface area contributed by atoms with Gasteiger partial charge in [-0.1, -0.05) is 6.07 Å². The molecule has 1 unspecified atom stereocenters. The highest BCUT2D eigenvalue weighted by Gasteiger charge is 2.34. The molecule has 3 heterocycles. The van der Waals surface area contributed by atoms with Crippen molar-refractivity contribution in [2.24, 2.45) is 0 Å². The van der Waals surface area contributed by atoms with Crippen molar-refractivity contribution < 1.29 is 23.7 Å². The lowest BCUT2D eigenvalue weighted by Gasteiger charge is -2.25. The number of nitrogens with zero attached hydrogens (tertiary/aromatic N) is 2. The molecule has 3 aromatic rings. The molecule has 1 atom stereocenters. The smallest absolute Gasteiger partial charge is 0.313 e. The summed E-state index contributed by atoms with van der Waals surface area (Å²) >= 11 is 0. The van der Waals surface area contributed by atoms with Gasteiger partial charge in [0.2, 0.25) is 11.6 Å². The van der Waals surface area contributed by atoms with Gasteiger partial charge in [0.1, 0.15) is 5.65 Å². The van der Waals surface area contributed by atoms with Gasteiger partial charge in [0.25, 0.3) is 5.56 Å². The number of hydrogen-bond acceptors (Lipinski definition) is 7. The lowest BCUT2D eigenvalue weighted by molar-refractivity contribution is -0.135. The predicted molar refractivity (Wildman–Crippen MR) is 99.7 cm³/mol. The topological polar surface area (TPSA) is 88.4 Å². The van der Waals surface area contributed by atoms with Crippen molar-refractivity contribution in [3.63, 3.8) is 0 Å². The van der Waals surface area contributed by atoms with Crippen molar-refractivity contribution in [2.45, 2.75) is 12.3 Å². The van der Waals surface area contributed by atoms with E-state index in [1.54, 1.807) is 36.5 Å². The summed E-state index contributed by atoms with van der Waals surface area (Å²) in [5, 5.41) is 0. The number of pyridine rings is 1. The number of rotatable bonds is 4. The molecule has 0 amide bonds. The van der Waals surface area contributed by atoms with Gasteiger partial charge >= 0.3 is 5.97 Å². The van der Waals surface area contributed by atoms with Crippen molar-refractivity contribution in [3.05, 3.63) is 58.0 Å². The van der Waals surface area contributed by atoms with Crippen molar-refractivity contribution in [1.29, 1.82) is 0 Å². The average Bonchev–Trinajstić information content (AvgIpc) is 2.71. The number of carbonyl (C=O) groups is 1. The molecule has 0 saturated carbocycles. The van der Waals surface area contributed by atoms with Crippen LogP contribution in [0.25, 0.3) is 5.65 Å². The molecule has 8 nitrogen and oxygen atoms in total. The van der Waals surface area contributed by atoms with Crippen LogP contribution in [0.1, 0.15) is 23.5 Å². The SMILES string of the molecule is COc1cc(C2CC(=O)Oc3nc4ccccn4c(=O)c32)cc(OC)c1OC. The Morgan fingerprint density at radius 2 is 1.79 bits per heavy atom. The number of esters is 1. The van der Waals surface area contributed by atoms with Crippen LogP contribution >= 0.6 is 0 Å². The molecule has 0 spiro atoms. The first-order valence-corrected chi connectivity index (χ1v) is 8.59. The molecule has 0 aliphatic carbocycles. The highest BCUT2D eigenvalue weighted by atomic mass is 16.5. The lowest BCUT2D eigenvalue weighted by Crippen LogP contribution is -2.31. The zero-order valence-electron chi connectivity index (χ0n) is 15.6. The molecule has 1 aliphatic rings. The number of hydrogen-bond donors (Lipinski definition) is 0. The van der Waals surface area contributed by atoms with Crippen LogP contribution in [0.2, 0.25) is 0 Å². The minimum Gasteiger partial charge on any atom is -0.493 e. The summed E-state index contributed by atoms with van der Waals surface area (Å²) in [6.45, 7) is 0. The summed E-state index contributed by atoms with van der Waals surface area (Å²) in [5.41, 5.74) is 1.11. The third kappa shape index (κ3) is 2.74. The maximum atomic E-state index is 13.1. The molecule has 8 heteroatoms. The maximum absolute atomic E-state index is 13.1. The maximum Gasteiger partial charge on any atom is 0.313 e. The van der Waals surface area contributed by atoms with Gasteiger partial charge in [-0.05, 0) is 29.8 Å². The van der Waals surface area contributed by atoms with Gasteiger partial charge < -0.3 is 18.9 Å². The standard InChI is InChI=1S/C20H18N2O6/c1-25-13-8-11(9-14(26-2)18(13)27-3)12-10-16(23)28-19-17(12)20(24)22-7-5-4-6-15(22)21-19/h4-9,12H,10H2,1-3H3. The fourth-order valence-corrected chi connectivity index (χ4v) is 3.46. The third-order valence-electron chi connectivity index (χ3n) is 4.75. The van der Waals surface area contributed by atoms with E-state index in [9.17, 15) is 9.59 Å². The van der Waals surface area contributed by atoms with Crippen molar-refractivity contribution in [2.75, 3.05) is 21.3 Å². The summed E-state index contributed by atoms with van der Waals surface area (Å²) in [5.74, 6) is 0.324. The van der Waals surface area contributed by atoms with Gasteiger partial charge in [0.15, 0.2) is 11.5 Å². The molecule has 0 fully saturated rings. The molecule has 28 heavy (non-hydrogen) atoms. The van der Waals surface area contributed by atoms with Gasteiger partial charge in [0, 0.05) is 12.1 Å².